The number of aliphatic hydroxyl groups is 1. The molecule has 0 atom stereocenters. The van der Waals surface area contributed by atoms with Gasteiger partial charge in [-0.15, -0.1) is 0 Å². The maximum atomic E-state index is 9.96. The lowest BCUT2D eigenvalue weighted by molar-refractivity contribution is 0.151. The van der Waals surface area contributed by atoms with Crippen LogP contribution in [0.3, 0.4) is 0 Å². The fourth-order valence-corrected chi connectivity index (χ4v) is 2.05. The Morgan fingerprint density at radius 1 is 1.36 bits per heavy atom. The molecule has 1 saturated carbocycles. The summed E-state index contributed by atoms with van der Waals surface area (Å²) < 4.78 is 0. The summed E-state index contributed by atoms with van der Waals surface area (Å²) in [5, 5.41) is 9.96. The van der Waals surface area contributed by atoms with Crippen LogP contribution in [-0.2, 0) is 12.0 Å². The molecule has 0 saturated heterocycles. The molecule has 0 radical (unpaired) electrons. The lowest BCUT2D eigenvalue weighted by Crippen LogP contribution is -2.04. The Balaban J connectivity index is 2.03. The summed E-state index contributed by atoms with van der Waals surface area (Å²) in [5.74, 6) is 0. The van der Waals surface area contributed by atoms with Crippen LogP contribution in [-0.4, -0.2) is 10.8 Å². The number of aliphatic imine (C=N–C) groups is 1. The number of nitrogens with zero attached hydrogens (tertiary/aromatic N) is 1. The average Bonchev–Trinajstić information content (AvgIpc) is 2.79. The van der Waals surface area contributed by atoms with E-state index in [1.54, 1.807) is 0 Å². The first-order valence-electron chi connectivity index (χ1n) is 5.07. The second-order valence-electron chi connectivity index (χ2n) is 4.40. The Morgan fingerprint density at radius 2 is 2.14 bits per heavy atom. The first-order valence-corrected chi connectivity index (χ1v) is 5.07. The van der Waals surface area contributed by atoms with Gasteiger partial charge in [0.05, 0.1) is 11.3 Å². The summed E-state index contributed by atoms with van der Waals surface area (Å²) in [4.78, 5) is 4.43. The summed E-state index contributed by atoms with van der Waals surface area (Å²) in [6.45, 7) is 2.05. The van der Waals surface area contributed by atoms with E-state index in [4.69, 9.17) is 0 Å². The third-order valence-corrected chi connectivity index (χ3v) is 3.10. The highest BCUT2D eigenvalue weighted by Gasteiger charge is 2.42. The first-order chi connectivity index (χ1) is 6.67. The number of hydrogen-bond donors (Lipinski definition) is 1. The van der Waals surface area contributed by atoms with Crippen LogP contribution in [0.1, 0.15) is 30.9 Å². The molecule has 0 bridgehead atoms. The van der Waals surface area contributed by atoms with Gasteiger partial charge in [-0.25, -0.2) is 0 Å². The largest absolute Gasteiger partial charge is 0.385 e. The predicted octanol–water partition coefficient (Wildman–Crippen LogP) is 2.32. The Bertz CT molecular complexity index is 430. The maximum Gasteiger partial charge on any atom is 0.0899 e. The smallest absolute Gasteiger partial charge is 0.0899 e. The first kappa shape index (κ1) is 8.18. The Hall–Kier alpha value is -1.15. The average molecular weight is 187 g/mol. The van der Waals surface area contributed by atoms with Gasteiger partial charge in [0.15, 0.2) is 0 Å². The highest BCUT2D eigenvalue weighted by molar-refractivity contribution is 5.92. The van der Waals surface area contributed by atoms with Crippen molar-refractivity contribution < 1.29 is 5.11 Å². The molecule has 72 valence electrons. The van der Waals surface area contributed by atoms with Gasteiger partial charge in [0.2, 0.25) is 0 Å². The van der Waals surface area contributed by atoms with E-state index >= 15 is 0 Å². The molecule has 1 aliphatic carbocycles. The van der Waals surface area contributed by atoms with Crippen LogP contribution in [0.25, 0.3) is 0 Å². The van der Waals surface area contributed by atoms with Gasteiger partial charge in [-0.1, -0.05) is 12.1 Å². The van der Waals surface area contributed by atoms with Gasteiger partial charge in [-0.3, -0.25) is 4.99 Å². The molecule has 2 aliphatic rings. The molecule has 1 fully saturated rings. The molecular formula is C12H13NO. The highest BCUT2D eigenvalue weighted by Crippen LogP contribution is 2.46. The van der Waals surface area contributed by atoms with E-state index in [0.717, 1.165) is 30.5 Å². The van der Waals surface area contributed by atoms with E-state index in [0.29, 0.717) is 0 Å². The van der Waals surface area contributed by atoms with E-state index in [1.165, 1.54) is 11.3 Å². The van der Waals surface area contributed by atoms with Gasteiger partial charge in [-0.05, 0) is 37.0 Å². The minimum atomic E-state index is -0.508. The third kappa shape index (κ3) is 1.11. The topological polar surface area (TPSA) is 32.6 Å². The number of hydrogen-bond acceptors (Lipinski definition) is 2. The summed E-state index contributed by atoms with van der Waals surface area (Å²) in [7, 11) is 0. The normalized spacial score (nSPS) is 21.7. The van der Waals surface area contributed by atoms with E-state index < -0.39 is 5.60 Å². The van der Waals surface area contributed by atoms with E-state index in [-0.39, 0.29) is 0 Å². The van der Waals surface area contributed by atoms with Crippen LogP contribution in [0.2, 0.25) is 0 Å². The van der Waals surface area contributed by atoms with E-state index in [9.17, 15) is 5.11 Å². The minimum Gasteiger partial charge on any atom is -0.385 e. The van der Waals surface area contributed by atoms with Crippen LogP contribution in [0, 0.1) is 0 Å². The molecule has 0 aromatic heterocycles. The van der Waals surface area contributed by atoms with Crippen molar-refractivity contribution in [2.24, 2.45) is 4.99 Å². The monoisotopic (exact) mass is 187 g/mol. The molecule has 0 amide bonds. The summed E-state index contributed by atoms with van der Waals surface area (Å²) in [6.07, 6.45) is 2.76. The molecule has 0 spiro atoms. The second-order valence-corrected chi connectivity index (χ2v) is 4.40. The van der Waals surface area contributed by atoms with Gasteiger partial charge in [-0.2, -0.15) is 0 Å². The lowest BCUT2D eigenvalue weighted by Gasteiger charge is -2.09. The zero-order valence-corrected chi connectivity index (χ0v) is 8.25. The number of rotatable bonds is 1. The minimum absolute atomic E-state index is 0.508. The van der Waals surface area contributed by atoms with Gasteiger partial charge in [0.25, 0.3) is 0 Å². The van der Waals surface area contributed by atoms with Gasteiger partial charge in [0, 0.05) is 12.1 Å². The maximum absolute atomic E-state index is 9.96. The fourth-order valence-electron chi connectivity index (χ4n) is 2.05. The van der Waals surface area contributed by atoms with Gasteiger partial charge >= 0.3 is 0 Å². The fraction of sp³-hybridized carbons (Fsp3) is 0.417. The summed E-state index contributed by atoms with van der Waals surface area (Å²) in [5.41, 5.74) is 4.07. The zero-order valence-electron chi connectivity index (χ0n) is 8.25. The molecular weight excluding hydrogens is 174 g/mol. The number of benzene rings is 1. The summed E-state index contributed by atoms with van der Waals surface area (Å²) in [6, 6.07) is 6.15. The molecule has 1 aromatic carbocycles. The van der Waals surface area contributed by atoms with Crippen molar-refractivity contribution in [2.45, 2.75) is 31.8 Å². The van der Waals surface area contributed by atoms with E-state index in [1.807, 2.05) is 19.1 Å². The molecule has 2 nitrogen and oxygen atoms in total. The van der Waals surface area contributed by atoms with Crippen molar-refractivity contribution in [3.05, 3.63) is 29.3 Å². The van der Waals surface area contributed by atoms with Crippen molar-refractivity contribution in [3.63, 3.8) is 0 Å². The second kappa shape index (κ2) is 2.45. The Morgan fingerprint density at radius 3 is 2.86 bits per heavy atom. The van der Waals surface area contributed by atoms with E-state index in [2.05, 4.69) is 11.1 Å². The van der Waals surface area contributed by atoms with Crippen molar-refractivity contribution in [2.75, 3.05) is 0 Å². The molecule has 0 unspecified atom stereocenters. The zero-order chi connectivity index (χ0) is 9.76. The molecule has 2 heteroatoms. The standard InChI is InChI=1S/C12H13NO/c1-8-6-9-7-10(12(14)4-5-12)2-3-11(9)13-8/h2-3,7,14H,4-6H2,1H3. The number of fused-ring (bicyclic) bond motifs is 1. The quantitative estimate of drug-likeness (QED) is 0.719. The van der Waals surface area contributed by atoms with Crippen molar-refractivity contribution in [1.29, 1.82) is 0 Å². The van der Waals surface area contributed by atoms with Crippen LogP contribution in [0.4, 0.5) is 5.69 Å². The van der Waals surface area contributed by atoms with Gasteiger partial charge in [0.1, 0.15) is 0 Å². The molecule has 1 aliphatic heterocycles. The molecule has 1 heterocycles. The predicted molar refractivity (Wildman–Crippen MR) is 56.0 cm³/mol. The molecule has 1 N–H and O–H groups in total. The van der Waals surface area contributed by atoms with Crippen molar-refractivity contribution in [3.8, 4) is 0 Å². The van der Waals surface area contributed by atoms with Crippen molar-refractivity contribution in [1.82, 2.24) is 0 Å². The Labute approximate surface area is 83.3 Å². The van der Waals surface area contributed by atoms with Crippen molar-refractivity contribution >= 4 is 11.4 Å². The lowest BCUT2D eigenvalue weighted by atomic mass is 10.0. The van der Waals surface area contributed by atoms with Gasteiger partial charge < -0.3 is 5.11 Å². The highest BCUT2D eigenvalue weighted by atomic mass is 16.3. The molecule has 1 aromatic rings. The SMILES string of the molecule is CC1=Nc2ccc(C3(O)CC3)cc2C1. The van der Waals surface area contributed by atoms with Crippen LogP contribution < -0.4 is 0 Å². The Kier molecular flexibility index (Phi) is 1.43. The molecule has 14 heavy (non-hydrogen) atoms. The van der Waals surface area contributed by atoms with Crippen LogP contribution in [0.15, 0.2) is 23.2 Å². The molecule has 3 rings (SSSR count). The third-order valence-electron chi connectivity index (χ3n) is 3.10. The van der Waals surface area contributed by atoms with Crippen LogP contribution in [0.5, 0.6) is 0 Å². The summed E-state index contributed by atoms with van der Waals surface area (Å²) >= 11 is 0. The van der Waals surface area contributed by atoms with Crippen LogP contribution >= 0.6 is 0 Å².